The van der Waals surface area contributed by atoms with E-state index in [-0.39, 0.29) is 12.2 Å². The van der Waals surface area contributed by atoms with Gasteiger partial charge in [0, 0.05) is 19.7 Å². The molecule has 2 aromatic rings. The van der Waals surface area contributed by atoms with Crippen molar-refractivity contribution in [2.24, 2.45) is 0 Å². The van der Waals surface area contributed by atoms with Crippen molar-refractivity contribution in [2.45, 2.75) is 45.8 Å². The van der Waals surface area contributed by atoms with Crippen LogP contribution < -0.4 is 4.74 Å². The molecule has 0 bridgehead atoms. The van der Waals surface area contributed by atoms with Gasteiger partial charge in [0.2, 0.25) is 0 Å². The van der Waals surface area contributed by atoms with Crippen molar-refractivity contribution in [2.75, 3.05) is 27.3 Å². The average molecular weight is 400 g/mol. The molecule has 0 aliphatic heterocycles. The van der Waals surface area contributed by atoms with Gasteiger partial charge in [0.15, 0.2) is 0 Å². The second kappa shape index (κ2) is 10.3. The Kier molecular flexibility index (Phi) is 8.09. The van der Waals surface area contributed by atoms with Crippen molar-refractivity contribution in [3.05, 3.63) is 54.1 Å². The first kappa shape index (κ1) is 22.8. The van der Waals surface area contributed by atoms with Crippen molar-refractivity contribution >= 4 is 6.09 Å². The zero-order valence-corrected chi connectivity index (χ0v) is 18.4. The molecule has 0 fully saturated rings. The second-order valence-corrected chi connectivity index (χ2v) is 8.00. The third-order valence-electron chi connectivity index (χ3n) is 4.51. The minimum absolute atomic E-state index is 0.0581. The first-order valence-corrected chi connectivity index (χ1v) is 10.0. The second-order valence-electron chi connectivity index (χ2n) is 8.00. The van der Waals surface area contributed by atoms with E-state index < -0.39 is 5.60 Å². The van der Waals surface area contributed by atoms with E-state index in [2.05, 4.69) is 25.1 Å². The van der Waals surface area contributed by atoms with E-state index in [4.69, 9.17) is 14.2 Å². The highest BCUT2D eigenvalue weighted by Crippen LogP contribution is 2.34. The van der Waals surface area contributed by atoms with E-state index in [0.29, 0.717) is 13.2 Å². The largest absolute Gasteiger partial charge is 0.491 e. The van der Waals surface area contributed by atoms with Crippen molar-refractivity contribution in [3.8, 4) is 16.9 Å². The molecule has 29 heavy (non-hydrogen) atoms. The number of amides is 1. The zero-order valence-electron chi connectivity index (χ0n) is 18.4. The summed E-state index contributed by atoms with van der Waals surface area (Å²) < 4.78 is 17.1. The van der Waals surface area contributed by atoms with Crippen molar-refractivity contribution < 1.29 is 19.0 Å². The minimum atomic E-state index is -0.514. The molecule has 0 aliphatic rings. The maximum Gasteiger partial charge on any atom is 0.410 e. The molecule has 0 aliphatic carbocycles. The average Bonchev–Trinajstić information content (AvgIpc) is 2.69. The number of carbonyl (C=O) groups is 1. The topological polar surface area (TPSA) is 48.0 Å². The summed E-state index contributed by atoms with van der Waals surface area (Å²) in [6, 6.07) is 16.4. The molecule has 1 atom stereocenters. The minimum Gasteiger partial charge on any atom is -0.491 e. The van der Waals surface area contributed by atoms with E-state index in [1.165, 1.54) is 4.90 Å². The number of likely N-dealkylation sites (N-methyl/N-ethyl adjacent to an activating group) is 1. The summed E-state index contributed by atoms with van der Waals surface area (Å²) in [5.74, 6) is 0.774. The summed E-state index contributed by atoms with van der Waals surface area (Å²) in [7, 11) is 3.42. The van der Waals surface area contributed by atoms with E-state index in [1.807, 2.05) is 51.1 Å². The van der Waals surface area contributed by atoms with Crippen LogP contribution in [0.1, 0.15) is 45.8 Å². The van der Waals surface area contributed by atoms with Crippen LogP contribution in [0.5, 0.6) is 5.75 Å². The highest BCUT2D eigenvalue weighted by molar-refractivity contribution is 5.68. The number of ether oxygens (including phenoxy) is 3. The Hall–Kier alpha value is -2.53. The first-order valence-electron chi connectivity index (χ1n) is 10.0. The highest BCUT2D eigenvalue weighted by Gasteiger charge is 2.20. The van der Waals surface area contributed by atoms with Crippen LogP contribution >= 0.6 is 0 Å². The molecule has 5 nitrogen and oxygen atoms in total. The van der Waals surface area contributed by atoms with E-state index in [0.717, 1.165) is 28.9 Å². The van der Waals surface area contributed by atoms with Crippen LogP contribution in [-0.4, -0.2) is 43.9 Å². The van der Waals surface area contributed by atoms with Gasteiger partial charge in [-0.25, -0.2) is 4.79 Å². The van der Waals surface area contributed by atoms with Gasteiger partial charge in [-0.3, -0.25) is 0 Å². The molecule has 0 N–H and O–H groups in total. The van der Waals surface area contributed by atoms with Crippen LogP contribution in [0, 0.1) is 0 Å². The Morgan fingerprint density at radius 2 is 1.76 bits per heavy atom. The van der Waals surface area contributed by atoms with Crippen molar-refractivity contribution in [3.63, 3.8) is 0 Å². The Morgan fingerprint density at radius 3 is 2.34 bits per heavy atom. The third-order valence-corrected chi connectivity index (χ3v) is 4.51. The van der Waals surface area contributed by atoms with E-state index in [9.17, 15) is 4.79 Å². The lowest BCUT2D eigenvalue weighted by atomic mass is 9.98. The van der Waals surface area contributed by atoms with Gasteiger partial charge in [-0.1, -0.05) is 43.3 Å². The standard InChI is InChI=1S/C24H33NO4/c1-7-21(27-6)20-17-19(18-11-9-8-10-12-18)13-14-22(20)28-16-15-25(5)23(26)29-24(2,3)4/h8-14,17,21H,7,15-16H2,1-6H3. The van der Waals surface area contributed by atoms with Gasteiger partial charge in [-0.15, -0.1) is 0 Å². The number of benzene rings is 2. The Balaban J connectivity index is 2.12. The fraction of sp³-hybridized carbons (Fsp3) is 0.458. The fourth-order valence-electron chi connectivity index (χ4n) is 2.98. The van der Waals surface area contributed by atoms with E-state index in [1.54, 1.807) is 14.2 Å². The summed E-state index contributed by atoms with van der Waals surface area (Å²) in [6.07, 6.45) is 0.421. The maximum atomic E-state index is 12.1. The monoisotopic (exact) mass is 399 g/mol. The highest BCUT2D eigenvalue weighted by atomic mass is 16.6. The molecule has 0 heterocycles. The van der Waals surface area contributed by atoms with Crippen LogP contribution in [0.15, 0.2) is 48.5 Å². The van der Waals surface area contributed by atoms with Gasteiger partial charge in [0.25, 0.3) is 0 Å². The molecule has 5 heteroatoms. The Bertz CT molecular complexity index is 779. The number of nitrogens with zero attached hydrogens (tertiary/aromatic N) is 1. The van der Waals surface area contributed by atoms with Crippen LogP contribution in [0.4, 0.5) is 4.79 Å². The lowest BCUT2D eigenvalue weighted by Crippen LogP contribution is -2.36. The molecule has 0 spiro atoms. The number of rotatable bonds is 8. The van der Waals surface area contributed by atoms with Crippen molar-refractivity contribution in [1.29, 1.82) is 0 Å². The number of carbonyl (C=O) groups excluding carboxylic acids is 1. The molecular weight excluding hydrogens is 366 g/mol. The van der Waals surface area contributed by atoms with Crippen LogP contribution in [-0.2, 0) is 9.47 Å². The fourth-order valence-corrected chi connectivity index (χ4v) is 2.98. The summed E-state index contributed by atoms with van der Waals surface area (Å²) >= 11 is 0. The molecule has 0 aromatic heterocycles. The quantitative estimate of drug-likeness (QED) is 0.571. The predicted molar refractivity (Wildman–Crippen MR) is 116 cm³/mol. The van der Waals surface area contributed by atoms with Gasteiger partial charge in [0.05, 0.1) is 12.6 Å². The van der Waals surface area contributed by atoms with Gasteiger partial charge in [-0.2, -0.15) is 0 Å². The predicted octanol–water partition coefficient (Wildman–Crippen LogP) is 5.70. The van der Waals surface area contributed by atoms with Crippen LogP contribution in [0.2, 0.25) is 0 Å². The van der Waals surface area contributed by atoms with E-state index >= 15 is 0 Å². The molecule has 2 aromatic carbocycles. The summed E-state index contributed by atoms with van der Waals surface area (Å²) in [5.41, 5.74) is 2.76. The Morgan fingerprint density at radius 1 is 1.07 bits per heavy atom. The molecular formula is C24H33NO4. The molecule has 158 valence electrons. The van der Waals surface area contributed by atoms with Gasteiger partial charge in [0.1, 0.15) is 18.0 Å². The number of methoxy groups -OCH3 is 1. The number of hydrogen-bond acceptors (Lipinski definition) is 4. The lowest BCUT2D eigenvalue weighted by Gasteiger charge is -2.25. The molecule has 0 radical (unpaired) electrons. The lowest BCUT2D eigenvalue weighted by molar-refractivity contribution is 0.0276. The zero-order chi connectivity index (χ0) is 21.4. The van der Waals surface area contributed by atoms with Gasteiger partial charge >= 0.3 is 6.09 Å². The third kappa shape index (κ3) is 6.79. The Labute approximate surface area is 174 Å². The maximum absolute atomic E-state index is 12.1. The molecule has 0 saturated carbocycles. The first-order chi connectivity index (χ1) is 13.7. The van der Waals surface area contributed by atoms with Crippen molar-refractivity contribution in [1.82, 2.24) is 4.90 Å². The van der Waals surface area contributed by atoms with Crippen LogP contribution in [0.3, 0.4) is 0 Å². The normalized spacial score (nSPS) is 12.3. The number of hydrogen-bond donors (Lipinski definition) is 0. The molecule has 1 amide bonds. The molecule has 2 rings (SSSR count). The van der Waals surface area contributed by atoms with Gasteiger partial charge in [-0.05, 0) is 50.5 Å². The smallest absolute Gasteiger partial charge is 0.410 e. The van der Waals surface area contributed by atoms with Gasteiger partial charge < -0.3 is 19.1 Å². The summed E-state index contributed by atoms with van der Waals surface area (Å²) in [5, 5.41) is 0. The summed E-state index contributed by atoms with van der Waals surface area (Å²) in [4.78, 5) is 13.6. The molecule has 1 unspecified atom stereocenters. The molecule has 0 saturated heterocycles. The van der Waals surface area contributed by atoms with Crippen LogP contribution in [0.25, 0.3) is 11.1 Å². The summed E-state index contributed by atoms with van der Waals surface area (Å²) in [6.45, 7) is 8.44. The SMILES string of the molecule is CCC(OC)c1cc(-c2ccccc2)ccc1OCCN(C)C(=O)OC(C)(C)C.